The number of allylic oxidation sites excluding steroid dienone is 4. The smallest absolute Gasteiger partial charge is 0.305 e. The standard InChI is InChI=1S/C22H40O2/c1-3-5-7-8-9-10-11-12-13-14-15-16-17-18-19-20-22(23)24-21-6-4-2/h9-12H,3-8,13-21H2,1-2H3/b10-9-,12-11+. The number of hydrogen-bond donors (Lipinski definition) is 0. The van der Waals surface area contributed by atoms with E-state index in [0.717, 1.165) is 25.7 Å². The molecule has 0 saturated carbocycles. The van der Waals surface area contributed by atoms with Crippen LogP contribution in [0, 0.1) is 0 Å². The lowest BCUT2D eigenvalue weighted by Gasteiger charge is -2.03. The van der Waals surface area contributed by atoms with Crippen LogP contribution < -0.4 is 0 Å². The number of esters is 1. The van der Waals surface area contributed by atoms with Crippen molar-refractivity contribution in [1.29, 1.82) is 0 Å². The van der Waals surface area contributed by atoms with Crippen LogP contribution >= 0.6 is 0 Å². The van der Waals surface area contributed by atoms with Crippen molar-refractivity contribution >= 4 is 5.97 Å². The molecule has 0 aromatic rings. The van der Waals surface area contributed by atoms with E-state index >= 15 is 0 Å². The van der Waals surface area contributed by atoms with Gasteiger partial charge in [-0.2, -0.15) is 0 Å². The average molecular weight is 337 g/mol. The molecular formula is C22H40O2. The van der Waals surface area contributed by atoms with Gasteiger partial charge in [-0.3, -0.25) is 4.79 Å². The van der Waals surface area contributed by atoms with Crippen LogP contribution in [-0.2, 0) is 9.53 Å². The highest BCUT2D eigenvalue weighted by Crippen LogP contribution is 2.09. The van der Waals surface area contributed by atoms with Crippen LogP contribution in [-0.4, -0.2) is 12.6 Å². The van der Waals surface area contributed by atoms with Crippen molar-refractivity contribution in [3.63, 3.8) is 0 Å². The van der Waals surface area contributed by atoms with Gasteiger partial charge in [-0.25, -0.2) is 0 Å². The molecule has 2 heteroatoms. The molecule has 0 unspecified atom stereocenters. The molecule has 0 bridgehead atoms. The summed E-state index contributed by atoms with van der Waals surface area (Å²) in [5, 5.41) is 0. The van der Waals surface area contributed by atoms with E-state index < -0.39 is 0 Å². The maximum Gasteiger partial charge on any atom is 0.305 e. The summed E-state index contributed by atoms with van der Waals surface area (Å²) >= 11 is 0. The minimum absolute atomic E-state index is 0.0173. The number of carbonyl (C=O) groups excluding carboxylic acids is 1. The zero-order chi connectivity index (χ0) is 17.7. The van der Waals surface area contributed by atoms with Crippen LogP contribution in [0.15, 0.2) is 24.3 Å². The topological polar surface area (TPSA) is 26.3 Å². The Kier molecular flexibility index (Phi) is 19.1. The summed E-state index contributed by atoms with van der Waals surface area (Å²) in [6.07, 6.45) is 25.2. The van der Waals surface area contributed by atoms with Crippen LogP contribution in [0.2, 0.25) is 0 Å². The molecule has 24 heavy (non-hydrogen) atoms. The first-order valence-electron chi connectivity index (χ1n) is 10.3. The van der Waals surface area contributed by atoms with Gasteiger partial charge in [0.15, 0.2) is 0 Å². The molecule has 0 saturated heterocycles. The van der Waals surface area contributed by atoms with E-state index in [1.54, 1.807) is 0 Å². The summed E-state index contributed by atoms with van der Waals surface area (Å²) in [7, 11) is 0. The predicted octanol–water partition coefficient (Wildman–Crippen LogP) is 7.14. The minimum Gasteiger partial charge on any atom is -0.466 e. The summed E-state index contributed by atoms with van der Waals surface area (Å²) in [6, 6.07) is 0. The molecule has 0 aliphatic rings. The first-order valence-corrected chi connectivity index (χ1v) is 10.3. The molecule has 0 aromatic heterocycles. The molecule has 0 amide bonds. The highest BCUT2D eigenvalue weighted by molar-refractivity contribution is 5.69. The third-order valence-electron chi connectivity index (χ3n) is 4.12. The number of hydrogen-bond acceptors (Lipinski definition) is 2. The fraction of sp³-hybridized carbons (Fsp3) is 0.773. The third kappa shape index (κ3) is 19.0. The van der Waals surface area contributed by atoms with Gasteiger partial charge in [0.1, 0.15) is 0 Å². The van der Waals surface area contributed by atoms with Crippen molar-refractivity contribution in [2.45, 2.75) is 104 Å². The minimum atomic E-state index is -0.0173. The lowest BCUT2D eigenvalue weighted by atomic mass is 10.1. The fourth-order valence-corrected chi connectivity index (χ4v) is 2.50. The Morgan fingerprint density at radius 3 is 1.88 bits per heavy atom. The molecule has 0 heterocycles. The van der Waals surface area contributed by atoms with Crippen molar-refractivity contribution in [2.24, 2.45) is 0 Å². The van der Waals surface area contributed by atoms with Crippen LogP contribution in [0.3, 0.4) is 0 Å². The summed E-state index contributed by atoms with van der Waals surface area (Å²) < 4.78 is 5.15. The van der Waals surface area contributed by atoms with Gasteiger partial charge in [0.05, 0.1) is 6.61 Å². The van der Waals surface area contributed by atoms with Gasteiger partial charge in [-0.05, 0) is 38.5 Å². The molecule has 0 aromatic carbocycles. The number of unbranched alkanes of at least 4 members (excludes halogenated alkanes) is 10. The van der Waals surface area contributed by atoms with Crippen molar-refractivity contribution in [3.8, 4) is 0 Å². The first kappa shape index (κ1) is 22.9. The Morgan fingerprint density at radius 1 is 0.708 bits per heavy atom. The average Bonchev–Trinajstić information content (AvgIpc) is 2.58. The highest BCUT2D eigenvalue weighted by Gasteiger charge is 2.01. The van der Waals surface area contributed by atoms with Crippen molar-refractivity contribution in [3.05, 3.63) is 24.3 Å². The van der Waals surface area contributed by atoms with Crippen molar-refractivity contribution in [2.75, 3.05) is 6.61 Å². The second-order valence-corrected chi connectivity index (χ2v) is 6.59. The SMILES string of the molecule is CCCCC/C=C\C=C\CCCCCCCCC(=O)OCCCC. The second-order valence-electron chi connectivity index (χ2n) is 6.59. The van der Waals surface area contributed by atoms with Gasteiger partial charge < -0.3 is 4.74 Å². The largest absolute Gasteiger partial charge is 0.466 e. The van der Waals surface area contributed by atoms with Crippen LogP contribution in [0.4, 0.5) is 0 Å². The zero-order valence-corrected chi connectivity index (χ0v) is 16.2. The van der Waals surface area contributed by atoms with Gasteiger partial charge in [0.2, 0.25) is 0 Å². The molecule has 0 rings (SSSR count). The molecule has 0 radical (unpaired) electrons. The van der Waals surface area contributed by atoms with Crippen molar-refractivity contribution < 1.29 is 9.53 Å². The highest BCUT2D eigenvalue weighted by atomic mass is 16.5. The van der Waals surface area contributed by atoms with Crippen LogP contribution in [0.5, 0.6) is 0 Å². The Balaban J connectivity index is 3.23. The molecule has 0 fully saturated rings. The monoisotopic (exact) mass is 336 g/mol. The quantitative estimate of drug-likeness (QED) is 0.160. The second kappa shape index (κ2) is 20.0. The van der Waals surface area contributed by atoms with Gasteiger partial charge >= 0.3 is 5.97 Å². The Bertz CT molecular complexity index is 318. The van der Waals surface area contributed by atoms with E-state index in [-0.39, 0.29) is 5.97 Å². The van der Waals surface area contributed by atoms with Gasteiger partial charge in [-0.1, -0.05) is 83.1 Å². The molecule has 0 atom stereocenters. The normalized spacial score (nSPS) is 11.6. The van der Waals surface area contributed by atoms with Gasteiger partial charge in [0.25, 0.3) is 0 Å². The number of rotatable bonds is 17. The number of ether oxygens (including phenoxy) is 1. The molecule has 0 aliphatic carbocycles. The summed E-state index contributed by atoms with van der Waals surface area (Å²) in [5.41, 5.74) is 0. The molecule has 2 nitrogen and oxygen atoms in total. The molecule has 140 valence electrons. The van der Waals surface area contributed by atoms with E-state index in [0.29, 0.717) is 13.0 Å². The predicted molar refractivity (Wildman–Crippen MR) is 105 cm³/mol. The lowest BCUT2D eigenvalue weighted by Crippen LogP contribution is -2.05. The summed E-state index contributed by atoms with van der Waals surface area (Å²) in [6.45, 7) is 4.94. The van der Waals surface area contributed by atoms with E-state index in [2.05, 4.69) is 38.2 Å². The molecule has 0 aliphatic heterocycles. The van der Waals surface area contributed by atoms with Crippen molar-refractivity contribution in [1.82, 2.24) is 0 Å². The van der Waals surface area contributed by atoms with E-state index in [4.69, 9.17) is 4.74 Å². The zero-order valence-electron chi connectivity index (χ0n) is 16.2. The Hall–Kier alpha value is -1.05. The van der Waals surface area contributed by atoms with Crippen LogP contribution in [0.1, 0.15) is 104 Å². The van der Waals surface area contributed by atoms with Crippen LogP contribution in [0.25, 0.3) is 0 Å². The summed E-state index contributed by atoms with van der Waals surface area (Å²) in [5.74, 6) is -0.0173. The summed E-state index contributed by atoms with van der Waals surface area (Å²) in [4.78, 5) is 11.4. The first-order chi connectivity index (χ1) is 11.8. The maximum atomic E-state index is 11.4. The third-order valence-corrected chi connectivity index (χ3v) is 4.12. The maximum absolute atomic E-state index is 11.4. The van der Waals surface area contributed by atoms with Gasteiger partial charge in [-0.15, -0.1) is 0 Å². The Labute approximate surface area is 150 Å². The number of carbonyl (C=O) groups is 1. The van der Waals surface area contributed by atoms with E-state index in [1.807, 2.05) is 0 Å². The lowest BCUT2D eigenvalue weighted by molar-refractivity contribution is -0.143. The Morgan fingerprint density at radius 2 is 1.25 bits per heavy atom. The fourth-order valence-electron chi connectivity index (χ4n) is 2.50. The molecule has 0 spiro atoms. The van der Waals surface area contributed by atoms with E-state index in [1.165, 1.54) is 57.8 Å². The molecular weight excluding hydrogens is 296 g/mol. The van der Waals surface area contributed by atoms with E-state index in [9.17, 15) is 4.79 Å². The van der Waals surface area contributed by atoms with Gasteiger partial charge in [0, 0.05) is 6.42 Å². The molecule has 0 N–H and O–H groups in total.